The quantitative estimate of drug-likeness (QED) is 0.904. The van der Waals surface area contributed by atoms with Crippen molar-refractivity contribution in [3.05, 3.63) is 5.69 Å². The van der Waals surface area contributed by atoms with Crippen LogP contribution in [-0.2, 0) is 22.9 Å². The third kappa shape index (κ3) is 2.27. The second-order valence-corrected chi connectivity index (χ2v) is 5.65. The van der Waals surface area contributed by atoms with Gasteiger partial charge in [-0.3, -0.25) is 4.68 Å². The van der Waals surface area contributed by atoms with Gasteiger partial charge in [0.25, 0.3) is 0 Å². The van der Waals surface area contributed by atoms with Gasteiger partial charge in [0, 0.05) is 33.0 Å². The smallest absolute Gasteiger partial charge is 0.171 e. The van der Waals surface area contributed by atoms with Gasteiger partial charge in [0.2, 0.25) is 0 Å². The molecule has 0 radical (unpaired) electrons. The van der Waals surface area contributed by atoms with Gasteiger partial charge in [-0.25, -0.2) is 0 Å². The van der Waals surface area contributed by atoms with Gasteiger partial charge in [0.05, 0.1) is 24.6 Å². The summed E-state index contributed by atoms with van der Waals surface area (Å²) in [5, 5.41) is 4.55. The Labute approximate surface area is 119 Å². The molecule has 2 aliphatic rings. The van der Waals surface area contributed by atoms with Gasteiger partial charge in [-0.05, 0) is 6.42 Å². The van der Waals surface area contributed by atoms with Gasteiger partial charge in [-0.2, -0.15) is 5.10 Å². The van der Waals surface area contributed by atoms with Crippen molar-refractivity contribution in [1.82, 2.24) is 9.78 Å². The van der Waals surface area contributed by atoms with Crippen LogP contribution in [0.4, 0.5) is 11.5 Å². The van der Waals surface area contributed by atoms with Crippen LogP contribution in [0.5, 0.6) is 0 Å². The zero-order valence-corrected chi connectivity index (χ0v) is 12.4. The average Bonchev–Trinajstić information content (AvgIpc) is 2.99. The monoisotopic (exact) mass is 280 g/mol. The molecule has 0 aromatic carbocycles. The molecule has 2 saturated heterocycles. The summed E-state index contributed by atoms with van der Waals surface area (Å²) in [5.74, 6) is 0.706. The number of anilines is 2. The van der Waals surface area contributed by atoms with E-state index in [4.69, 9.17) is 15.2 Å². The summed E-state index contributed by atoms with van der Waals surface area (Å²) in [6.45, 7) is 5.38. The van der Waals surface area contributed by atoms with Gasteiger partial charge >= 0.3 is 0 Å². The first kappa shape index (κ1) is 13.7. The Bertz CT molecular complexity index is 470. The summed E-state index contributed by atoms with van der Waals surface area (Å²) in [6, 6.07) is 0. The molecule has 0 unspecified atom stereocenters. The number of aryl methyl sites for hydroxylation is 2. The van der Waals surface area contributed by atoms with Crippen LogP contribution in [0.15, 0.2) is 0 Å². The van der Waals surface area contributed by atoms with E-state index in [0.29, 0.717) is 13.2 Å². The number of hydrogen-bond donors (Lipinski definition) is 1. The maximum absolute atomic E-state index is 6.28. The molecule has 112 valence electrons. The molecule has 3 rings (SSSR count). The molecule has 0 atom stereocenters. The molecule has 2 aliphatic heterocycles. The molecule has 3 heterocycles. The molecule has 1 aromatic heterocycles. The molecular formula is C14H24N4O2. The minimum Gasteiger partial charge on any atom is -0.394 e. The minimum atomic E-state index is -0.337. The summed E-state index contributed by atoms with van der Waals surface area (Å²) >= 11 is 0. The number of nitrogens with two attached hydrogens (primary N) is 1. The number of rotatable bonds is 3. The van der Waals surface area contributed by atoms with Gasteiger partial charge in [0.1, 0.15) is 5.82 Å². The van der Waals surface area contributed by atoms with Crippen molar-refractivity contribution >= 4 is 11.5 Å². The van der Waals surface area contributed by atoms with Crippen molar-refractivity contribution in [2.75, 3.05) is 36.9 Å². The fourth-order valence-corrected chi connectivity index (χ4v) is 3.23. The summed E-state index contributed by atoms with van der Waals surface area (Å²) in [5.41, 5.74) is 8.12. The molecule has 0 amide bonds. The SMILES string of the molecule is CCCc1nn(C)c(N2CCC3(CC2)OCCO3)c1N. The van der Waals surface area contributed by atoms with E-state index in [1.807, 2.05) is 11.7 Å². The molecule has 0 bridgehead atoms. The first-order valence-corrected chi connectivity index (χ1v) is 7.49. The molecule has 2 N–H and O–H groups in total. The van der Waals surface area contributed by atoms with Crippen molar-refractivity contribution in [2.45, 2.75) is 38.4 Å². The fourth-order valence-electron chi connectivity index (χ4n) is 3.23. The zero-order chi connectivity index (χ0) is 14.2. The molecule has 1 aromatic rings. The lowest BCUT2D eigenvalue weighted by Crippen LogP contribution is -2.45. The highest BCUT2D eigenvalue weighted by atomic mass is 16.7. The Hall–Kier alpha value is -1.27. The normalized spacial score (nSPS) is 21.8. The Morgan fingerprint density at radius 3 is 2.50 bits per heavy atom. The number of aromatic nitrogens is 2. The highest BCUT2D eigenvalue weighted by Gasteiger charge is 2.40. The van der Waals surface area contributed by atoms with Crippen molar-refractivity contribution in [2.24, 2.45) is 7.05 Å². The summed E-state index contributed by atoms with van der Waals surface area (Å²) in [4.78, 5) is 2.30. The first-order chi connectivity index (χ1) is 9.65. The standard InChI is InChI=1S/C14H24N4O2/c1-3-4-11-12(15)13(17(2)16-11)18-7-5-14(6-8-18)19-9-10-20-14/h3-10,15H2,1-2H3. The van der Waals surface area contributed by atoms with E-state index in [-0.39, 0.29) is 5.79 Å². The fraction of sp³-hybridized carbons (Fsp3) is 0.786. The van der Waals surface area contributed by atoms with Crippen LogP contribution >= 0.6 is 0 Å². The van der Waals surface area contributed by atoms with Gasteiger partial charge in [-0.15, -0.1) is 0 Å². The Morgan fingerprint density at radius 1 is 1.25 bits per heavy atom. The van der Waals surface area contributed by atoms with Crippen LogP contribution in [-0.4, -0.2) is 41.9 Å². The third-order valence-corrected chi connectivity index (χ3v) is 4.25. The van der Waals surface area contributed by atoms with E-state index < -0.39 is 0 Å². The molecule has 0 aliphatic carbocycles. The summed E-state index contributed by atoms with van der Waals surface area (Å²) in [7, 11) is 1.97. The lowest BCUT2D eigenvalue weighted by Gasteiger charge is -2.38. The van der Waals surface area contributed by atoms with Gasteiger partial charge < -0.3 is 20.1 Å². The largest absolute Gasteiger partial charge is 0.394 e. The Balaban J connectivity index is 1.74. The van der Waals surface area contributed by atoms with Gasteiger partial charge in [0.15, 0.2) is 5.79 Å². The van der Waals surface area contributed by atoms with Crippen LogP contribution < -0.4 is 10.6 Å². The Kier molecular flexibility index (Phi) is 3.60. The van der Waals surface area contributed by atoms with E-state index in [0.717, 1.165) is 56.0 Å². The van der Waals surface area contributed by atoms with Crippen LogP contribution in [0.25, 0.3) is 0 Å². The maximum atomic E-state index is 6.28. The van der Waals surface area contributed by atoms with Crippen molar-refractivity contribution < 1.29 is 9.47 Å². The molecule has 1 spiro atoms. The van der Waals surface area contributed by atoms with Crippen molar-refractivity contribution in [1.29, 1.82) is 0 Å². The van der Waals surface area contributed by atoms with Crippen molar-refractivity contribution in [3.8, 4) is 0 Å². The van der Waals surface area contributed by atoms with E-state index in [1.54, 1.807) is 0 Å². The lowest BCUT2D eigenvalue weighted by atomic mass is 10.0. The first-order valence-electron chi connectivity index (χ1n) is 7.49. The predicted octanol–water partition coefficient (Wildman–Crippen LogP) is 1.30. The van der Waals surface area contributed by atoms with E-state index in [2.05, 4.69) is 16.9 Å². The second kappa shape index (κ2) is 5.26. The van der Waals surface area contributed by atoms with Crippen molar-refractivity contribution in [3.63, 3.8) is 0 Å². The number of nitrogens with zero attached hydrogens (tertiary/aromatic N) is 3. The molecule has 2 fully saturated rings. The molecule has 6 heteroatoms. The van der Waals surface area contributed by atoms with Gasteiger partial charge in [-0.1, -0.05) is 13.3 Å². The lowest BCUT2D eigenvalue weighted by molar-refractivity contribution is -0.169. The summed E-state index contributed by atoms with van der Waals surface area (Å²) < 4.78 is 13.4. The van der Waals surface area contributed by atoms with E-state index >= 15 is 0 Å². The van der Waals surface area contributed by atoms with Crippen LogP contribution in [0.1, 0.15) is 31.9 Å². The highest BCUT2D eigenvalue weighted by molar-refractivity contribution is 5.66. The topological polar surface area (TPSA) is 65.5 Å². The molecule has 0 saturated carbocycles. The average molecular weight is 280 g/mol. The summed E-state index contributed by atoms with van der Waals surface area (Å²) in [6.07, 6.45) is 3.77. The number of hydrogen-bond acceptors (Lipinski definition) is 5. The van der Waals surface area contributed by atoms with E-state index in [1.165, 1.54) is 0 Å². The van der Waals surface area contributed by atoms with E-state index in [9.17, 15) is 0 Å². The van der Waals surface area contributed by atoms with Crippen LogP contribution in [0.3, 0.4) is 0 Å². The molecule has 6 nitrogen and oxygen atoms in total. The van der Waals surface area contributed by atoms with Crippen LogP contribution in [0.2, 0.25) is 0 Å². The second-order valence-electron chi connectivity index (χ2n) is 5.65. The number of piperidine rings is 1. The Morgan fingerprint density at radius 2 is 1.90 bits per heavy atom. The maximum Gasteiger partial charge on any atom is 0.171 e. The minimum absolute atomic E-state index is 0.337. The highest BCUT2D eigenvalue weighted by Crippen LogP contribution is 2.35. The molecular weight excluding hydrogens is 256 g/mol. The number of ether oxygens (including phenoxy) is 2. The third-order valence-electron chi connectivity index (χ3n) is 4.25. The number of nitrogen functional groups attached to an aromatic ring is 1. The van der Waals surface area contributed by atoms with Crippen LogP contribution in [0, 0.1) is 0 Å². The molecule has 20 heavy (non-hydrogen) atoms. The zero-order valence-electron chi connectivity index (χ0n) is 12.4. The predicted molar refractivity (Wildman–Crippen MR) is 77.7 cm³/mol.